The smallest absolute Gasteiger partial charge is 0.267 e. The molecule has 0 atom stereocenters. The van der Waals surface area contributed by atoms with Crippen LogP contribution >= 0.6 is 23.2 Å². The van der Waals surface area contributed by atoms with Gasteiger partial charge in [-0.2, -0.15) is 9.41 Å². The lowest BCUT2D eigenvalue weighted by Crippen LogP contribution is -2.28. The van der Waals surface area contributed by atoms with Gasteiger partial charge in [-0.1, -0.05) is 35.3 Å². The predicted molar refractivity (Wildman–Crippen MR) is 106 cm³/mol. The molecule has 0 saturated carbocycles. The average Bonchev–Trinajstić information content (AvgIpc) is 3.20. The Kier molecular flexibility index (Phi) is 6.16. The molecule has 9 heteroatoms. The Labute approximate surface area is 167 Å². The number of hydrogen-bond acceptors (Lipinski definition) is 4. The van der Waals surface area contributed by atoms with E-state index >= 15 is 0 Å². The molecule has 1 amide bonds. The lowest BCUT2D eigenvalue weighted by atomic mass is 10.2. The van der Waals surface area contributed by atoms with Crippen LogP contribution in [0.2, 0.25) is 10.0 Å². The van der Waals surface area contributed by atoms with Gasteiger partial charge in [-0.05, 0) is 43.2 Å². The molecule has 142 valence electrons. The van der Waals surface area contributed by atoms with E-state index in [1.807, 2.05) is 0 Å². The quantitative estimate of drug-likeness (QED) is 0.587. The van der Waals surface area contributed by atoms with Gasteiger partial charge in [0.05, 0.1) is 21.2 Å². The van der Waals surface area contributed by atoms with Gasteiger partial charge < -0.3 is 0 Å². The lowest BCUT2D eigenvalue weighted by molar-refractivity contribution is 0.0955. The highest BCUT2D eigenvalue weighted by Gasteiger charge is 2.27. The molecule has 0 radical (unpaired) electrons. The van der Waals surface area contributed by atoms with Gasteiger partial charge in [0.2, 0.25) is 10.0 Å². The molecule has 0 spiro atoms. The molecule has 3 rings (SSSR count). The Balaban J connectivity index is 1.75. The summed E-state index contributed by atoms with van der Waals surface area (Å²) in [4.78, 5) is 12.4. The van der Waals surface area contributed by atoms with Crippen LogP contribution in [0.5, 0.6) is 0 Å². The van der Waals surface area contributed by atoms with Crippen molar-refractivity contribution >= 4 is 45.3 Å². The first-order valence-corrected chi connectivity index (χ1v) is 10.5. The van der Waals surface area contributed by atoms with Crippen LogP contribution in [0.3, 0.4) is 0 Å². The zero-order valence-electron chi connectivity index (χ0n) is 14.2. The third-order valence-corrected chi connectivity index (χ3v) is 6.71. The van der Waals surface area contributed by atoms with Crippen molar-refractivity contribution in [2.45, 2.75) is 17.7 Å². The highest BCUT2D eigenvalue weighted by Crippen LogP contribution is 2.23. The summed E-state index contributed by atoms with van der Waals surface area (Å²) in [5.41, 5.74) is 3.03. The first-order valence-electron chi connectivity index (χ1n) is 8.27. The van der Waals surface area contributed by atoms with Crippen LogP contribution in [0.4, 0.5) is 0 Å². The normalized spacial score (nSPS) is 15.3. The minimum atomic E-state index is -3.59. The van der Waals surface area contributed by atoms with Gasteiger partial charge in [-0.15, -0.1) is 0 Å². The Morgan fingerprint density at radius 1 is 1.07 bits per heavy atom. The van der Waals surface area contributed by atoms with Crippen LogP contribution in [0.25, 0.3) is 0 Å². The van der Waals surface area contributed by atoms with E-state index in [0.717, 1.165) is 12.8 Å². The van der Waals surface area contributed by atoms with E-state index in [0.29, 0.717) is 28.7 Å². The molecule has 6 nitrogen and oxygen atoms in total. The van der Waals surface area contributed by atoms with E-state index in [2.05, 4.69) is 10.5 Å². The molecule has 0 unspecified atom stereocenters. The predicted octanol–water partition coefficient (Wildman–Crippen LogP) is 3.54. The van der Waals surface area contributed by atoms with Gasteiger partial charge in [0.1, 0.15) is 0 Å². The van der Waals surface area contributed by atoms with Gasteiger partial charge in [0.15, 0.2) is 0 Å². The maximum atomic E-state index is 12.6. The molecule has 0 aromatic heterocycles. The fourth-order valence-corrected chi connectivity index (χ4v) is 4.79. The van der Waals surface area contributed by atoms with Crippen molar-refractivity contribution in [1.82, 2.24) is 9.73 Å². The van der Waals surface area contributed by atoms with Crippen molar-refractivity contribution in [3.05, 3.63) is 63.6 Å². The molecule has 1 saturated heterocycles. The van der Waals surface area contributed by atoms with E-state index < -0.39 is 15.9 Å². The standard InChI is InChI=1S/C18H17Cl2N3O3S/c19-16-7-4-8-17(20)15(16)12-21-22-18(24)13-5-3-6-14(11-13)27(25,26)23-9-1-2-10-23/h3-8,11-12H,1-2,9-10H2,(H,22,24)/b21-12-. The van der Waals surface area contributed by atoms with E-state index in [1.165, 1.54) is 34.8 Å². The Morgan fingerprint density at radius 3 is 2.37 bits per heavy atom. The van der Waals surface area contributed by atoms with Crippen molar-refractivity contribution in [3.8, 4) is 0 Å². The maximum Gasteiger partial charge on any atom is 0.271 e. The van der Waals surface area contributed by atoms with Crippen molar-refractivity contribution in [1.29, 1.82) is 0 Å². The van der Waals surface area contributed by atoms with Crippen molar-refractivity contribution < 1.29 is 13.2 Å². The van der Waals surface area contributed by atoms with Crippen LogP contribution < -0.4 is 5.43 Å². The first-order chi connectivity index (χ1) is 12.9. The second kappa shape index (κ2) is 8.39. The molecule has 0 bridgehead atoms. The Morgan fingerprint density at radius 2 is 1.70 bits per heavy atom. The summed E-state index contributed by atoms with van der Waals surface area (Å²) in [6, 6.07) is 10.9. The number of amides is 1. The molecule has 1 aliphatic heterocycles. The monoisotopic (exact) mass is 425 g/mol. The van der Waals surface area contributed by atoms with Crippen LogP contribution in [0, 0.1) is 0 Å². The minimum Gasteiger partial charge on any atom is -0.267 e. The summed E-state index contributed by atoms with van der Waals surface area (Å²) in [5, 5.41) is 4.66. The van der Waals surface area contributed by atoms with E-state index in [9.17, 15) is 13.2 Å². The molecular weight excluding hydrogens is 409 g/mol. The van der Waals surface area contributed by atoms with Crippen LogP contribution in [0.1, 0.15) is 28.8 Å². The first kappa shape index (κ1) is 19.8. The molecule has 1 aliphatic rings. The summed E-state index contributed by atoms with van der Waals surface area (Å²) in [6.45, 7) is 1.00. The zero-order chi connectivity index (χ0) is 19.4. The number of carbonyl (C=O) groups is 1. The van der Waals surface area contributed by atoms with Crippen molar-refractivity contribution in [2.75, 3.05) is 13.1 Å². The summed E-state index contributed by atoms with van der Waals surface area (Å²) < 4.78 is 26.7. The van der Waals surface area contributed by atoms with E-state index in [4.69, 9.17) is 23.2 Å². The van der Waals surface area contributed by atoms with Crippen LogP contribution in [0.15, 0.2) is 52.5 Å². The van der Waals surface area contributed by atoms with Gasteiger partial charge in [0, 0.05) is 24.2 Å². The van der Waals surface area contributed by atoms with Gasteiger partial charge in [0.25, 0.3) is 5.91 Å². The summed E-state index contributed by atoms with van der Waals surface area (Å²) in [6.07, 6.45) is 3.03. The summed E-state index contributed by atoms with van der Waals surface area (Å²) in [7, 11) is -3.59. The Bertz CT molecular complexity index is 967. The fourth-order valence-electron chi connectivity index (χ4n) is 2.73. The maximum absolute atomic E-state index is 12.6. The van der Waals surface area contributed by atoms with Gasteiger partial charge in [-0.3, -0.25) is 4.79 Å². The molecule has 2 aromatic carbocycles. The number of halogens is 2. The molecule has 1 heterocycles. The number of nitrogens with one attached hydrogen (secondary N) is 1. The highest BCUT2D eigenvalue weighted by molar-refractivity contribution is 7.89. The number of carbonyl (C=O) groups excluding carboxylic acids is 1. The summed E-state index contributed by atoms with van der Waals surface area (Å²) in [5.74, 6) is -0.534. The number of hydrogen-bond donors (Lipinski definition) is 1. The fraction of sp³-hybridized carbons (Fsp3) is 0.222. The van der Waals surface area contributed by atoms with Gasteiger partial charge in [-0.25, -0.2) is 13.8 Å². The number of benzene rings is 2. The molecular formula is C18H17Cl2N3O3S. The number of rotatable bonds is 5. The number of nitrogens with zero attached hydrogens (tertiary/aromatic N) is 2. The topological polar surface area (TPSA) is 78.8 Å². The molecule has 2 aromatic rings. The highest BCUT2D eigenvalue weighted by atomic mass is 35.5. The second-order valence-corrected chi connectivity index (χ2v) is 8.73. The molecule has 1 N–H and O–H groups in total. The van der Waals surface area contributed by atoms with Crippen molar-refractivity contribution in [3.63, 3.8) is 0 Å². The SMILES string of the molecule is O=C(N/N=C\c1c(Cl)cccc1Cl)c1cccc(S(=O)(=O)N2CCCC2)c1. The number of hydrazone groups is 1. The largest absolute Gasteiger partial charge is 0.271 e. The van der Waals surface area contributed by atoms with E-state index in [-0.39, 0.29) is 10.5 Å². The average molecular weight is 426 g/mol. The van der Waals surface area contributed by atoms with Crippen molar-refractivity contribution in [2.24, 2.45) is 5.10 Å². The minimum absolute atomic E-state index is 0.0928. The molecule has 1 fully saturated rings. The third-order valence-electron chi connectivity index (χ3n) is 4.16. The van der Waals surface area contributed by atoms with Crippen LogP contribution in [-0.4, -0.2) is 37.9 Å². The third kappa shape index (κ3) is 4.50. The summed E-state index contributed by atoms with van der Waals surface area (Å²) >= 11 is 12.1. The number of sulfonamides is 1. The molecule has 27 heavy (non-hydrogen) atoms. The lowest BCUT2D eigenvalue weighted by Gasteiger charge is -2.15. The second-order valence-electron chi connectivity index (χ2n) is 5.97. The Hall–Kier alpha value is -1.93. The van der Waals surface area contributed by atoms with E-state index in [1.54, 1.807) is 18.2 Å². The van der Waals surface area contributed by atoms with Crippen LogP contribution in [-0.2, 0) is 10.0 Å². The molecule has 0 aliphatic carbocycles. The zero-order valence-corrected chi connectivity index (χ0v) is 16.6. The van der Waals surface area contributed by atoms with Gasteiger partial charge >= 0.3 is 0 Å².